The molecule has 0 saturated heterocycles. The third kappa shape index (κ3) is 3.81. The van der Waals surface area contributed by atoms with Crippen LogP contribution in [0.1, 0.15) is 23.6 Å². The molecular formula is C16H14INO3. The van der Waals surface area contributed by atoms with Crippen molar-refractivity contribution in [3.8, 4) is 5.75 Å². The third-order valence-electron chi connectivity index (χ3n) is 2.84. The fourth-order valence-corrected chi connectivity index (χ4v) is 2.27. The van der Waals surface area contributed by atoms with Gasteiger partial charge in [-0.1, -0.05) is 35.5 Å². The Morgan fingerprint density at radius 1 is 1.24 bits per heavy atom. The molecule has 0 aliphatic rings. The number of aromatic hydroxyl groups is 1. The maximum atomic E-state index is 11.0. The predicted octanol–water partition coefficient (Wildman–Crippen LogP) is 3.62. The predicted molar refractivity (Wildman–Crippen MR) is 89.4 cm³/mol. The molecule has 0 heterocycles. The van der Waals surface area contributed by atoms with Crippen molar-refractivity contribution in [2.24, 2.45) is 5.16 Å². The second-order valence-electron chi connectivity index (χ2n) is 4.51. The van der Waals surface area contributed by atoms with Gasteiger partial charge < -0.3 is 9.94 Å². The van der Waals surface area contributed by atoms with Crippen molar-refractivity contribution in [1.82, 2.24) is 0 Å². The van der Waals surface area contributed by atoms with E-state index in [1.165, 1.54) is 6.92 Å². The maximum absolute atomic E-state index is 11.0. The van der Waals surface area contributed by atoms with E-state index in [0.717, 1.165) is 14.7 Å². The molecule has 0 amide bonds. The molecule has 0 aliphatic heterocycles. The van der Waals surface area contributed by atoms with Crippen LogP contribution in [-0.4, -0.2) is 16.8 Å². The van der Waals surface area contributed by atoms with Gasteiger partial charge in [0.1, 0.15) is 11.5 Å². The third-order valence-corrected chi connectivity index (χ3v) is 4.01. The van der Waals surface area contributed by atoms with E-state index in [0.29, 0.717) is 11.3 Å². The number of rotatable bonds is 3. The van der Waals surface area contributed by atoms with Crippen molar-refractivity contribution in [3.63, 3.8) is 0 Å². The minimum Gasteiger partial charge on any atom is -0.507 e. The molecule has 21 heavy (non-hydrogen) atoms. The van der Waals surface area contributed by atoms with Crippen molar-refractivity contribution in [2.75, 3.05) is 0 Å². The summed E-state index contributed by atoms with van der Waals surface area (Å²) in [6, 6.07) is 12.8. The van der Waals surface area contributed by atoms with Gasteiger partial charge in [-0.2, -0.15) is 0 Å². The molecule has 0 spiro atoms. The normalized spacial score (nSPS) is 11.3. The standard InChI is InChI=1S/C16H14INO3/c1-10-8-13(15(20)9-14(10)17)16(18-21-11(2)19)12-6-4-3-5-7-12/h3-9,20H,1-2H3/b18-16+. The average molecular weight is 395 g/mol. The number of hydrogen-bond acceptors (Lipinski definition) is 4. The summed E-state index contributed by atoms with van der Waals surface area (Å²) in [6.45, 7) is 3.23. The van der Waals surface area contributed by atoms with Crippen LogP contribution in [0.15, 0.2) is 47.6 Å². The molecule has 0 saturated carbocycles. The minimum atomic E-state index is -0.509. The van der Waals surface area contributed by atoms with E-state index in [-0.39, 0.29) is 5.75 Å². The van der Waals surface area contributed by atoms with Gasteiger partial charge in [-0.25, -0.2) is 4.79 Å². The monoisotopic (exact) mass is 395 g/mol. The van der Waals surface area contributed by atoms with Crippen LogP contribution >= 0.6 is 22.6 Å². The zero-order chi connectivity index (χ0) is 15.4. The Morgan fingerprint density at radius 3 is 2.52 bits per heavy atom. The Bertz CT molecular complexity index is 696. The highest BCUT2D eigenvalue weighted by Crippen LogP contribution is 2.26. The van der Waals surface area contributed by atoms with E-state index in [1.807, 2.05) is 43.3 Å². The van der Waals surface area contributed by atoms with E-state index in [9.17, 15) is 9.90 Å². The molecule has 4 nitrogen and oxygen atoms in total. The zero-order valence-electron chi connectivity index (χ0n) is 11.6. The van der Waals surface area contributed by atoms with Gasteiger partial charge in [0.05, 0.1) is 0 Å². The quantitative estimate of drug-likeness (QED) is 0.374. The minimum absolute atomic E-state index is 0.0970. The molecule has 0 unspecified atom stereocenters. The van der Waals surface area contributed by atoms with E-state index in [1.54, 1.807) is 6.07 Å². The summed E-state index contributed by atoms with van der Waals surface area (Å²) in [5.41, 5.74) is 2.72. The molecule has 2 rings (SSSR count). The number of carbonyl (C=O) groups excluding carboxylic acids is 1. The van der Waals surface area contributed by atoms with Crippen molar-refractivity contribution in [1.29, 1.82) is 0 Å². The van der Waals surface area contributed by atoms with Crippen LogP contribution in [0.3, 0.4) is 0 Å². The summed E-state index contributed by atoms with van der Waals surface area (Å²) >= 11 is 2.15. The Kier molecular flexibility index (Phi) is 4.95. The van der Waals surface area contributed by atoms with Gasteiger partial charge in [-0.05, 0) is 47.2 Å². The van der Waals surface area contributed by atoms with Gasteiger partial charge in [-0.3, -0.25) is 0 Å². The average Bonchev–Trinajstić information content (AvgIpc) is 2.45. The van der Waals surface area contributed by atoms with E-state index >= 15 is 0 Å². The lowest BCUT2D eigenvalue weighted by atomic mass is 10.00. The molecule has 5 heteroatoms. The number of benzene rings is 2. The maximum Gasteiger partial charge on any atom is 0.332 e. The van der Waals surface area contributed by atoms with Crippen LogP contribution in [0.4, 0.5) is 0 Å². The SMILES string of the molecule is CC(=O)O/N=C(\c1ccccc1)c1cc(C)c(I)cc1O. The van der Waals surface area contributed by atoms with Crippen LogP contribution < -0.4 is 0 Å². The number of phenols is 1. The zero-order valence-corrected chi connectivity index (χ0v) is 13.8. The van der Waals surface area contributed by atoms with E-state index in [2.05, 4.69) is 27.7 Å². The highest BCUT2D eigenvalue weighted by Gasteiger charge is 2.15. The van der Waals surface area contributed by atoms with Gasteiger partial charge >= 0.3 is 5.97 Å². The topological polar surface area (TPSA) is 58.9 Å². The van der Waals surface area contributed by atoms with E-state index < -0.39 is 5.97 Å². The van der Waals surface area contributed by atoms with Crippen LogP contribution in [-0.2, 0) is 9.63 Å². The second-order valence-corrected chi connectivity index (χ2v) is 5.67. The van der Waals surface area contributed by atoms with Crippen molar-refractivity contribution in [2.45, 2.75) is 13.8 Å². The first-order valence-electron chi connectivity index (χ1n) is 6.29. The molecule has 0 bridgehead atoms. The smallest absolute Gasteiger partial charge is 0.332 e. The highest BCUT2D eigenvalue weighted by molar-refractivity contribution is 14.1. The number of oxime groups is 1. The molecule has 0 aromatic heterocycles. The van der Waals surface area contributed by atoms with E-state index in [4.69, 9.17) is 4.84 Å². The fourth-order valence-electron chi connectivity index (χ4n) is 1.82. The molecule has 2 aromatic carbocycles. The summed E-state index contributed by atoms with van der Waals surface area (Å²) in [4.78, 5) is 15.8. The summed E-state index contributed by atoms with van der Waals surface area (Å²) in [7, 11) is 0. The fraction of sp³-hybridized carbons (Fsp3) is 0.125. The van der Waals surface area contributed by atoms with Crippen LogP contribution in [0.2, 0.25) is 0 Å². The van der Waals surface area contributed by atoms with Gasteiger partial charge in [0.2, 0.25) is 0 Å². The lowest BCUT2D eigenvalue weighted by molar-refractivity contribution is -0.140. The first-order chi connectivity index (χ1) is 9.99. The molecule has 2 aromatic rings. The first kappa shape index (κ1) is 15.5. The number of hydrogen-bond donors (Lipinski definition) is 1. The number of carbonyl (C=O) groups is 1. The molecule has 0 radical (unpaired) electrons. The van der Waals surface area contributed by atoms with Crippen LogP contribution in [0.5, 0.6) is 5.75 Å². The number of nitrogens with zero attached hydrogens (tertiary/aromatic N) is 1. The van der Waals surface area contributed by atoms with Gasteiger partial charge in [0.25, 0.3) is 0 Å². The highest BCUT2D eigenvalue weighted by atomic mass is 127. The van der Waals surface area contributed by atoms with Gasteiger partial charge in [0.15, 0.2) is 0 Å². The molecule has 0 atom stereocenters. The number of aryl methyl sites for hydroxylation is 1. The summed E-state index contributed by atoms with van der Waals surface area (Å²) in [5.74, 6) is -0.412. The largest absolute Gasteiger partial charge is 0.507 e. The Balaban J connectivity index is 2.58. The Morgan fingerprint density at radius 2 is 1.90 bits per heavy atom. The lowest BCUT2D eigenvalue weighted by Gasteiger charge is -2.10. The summed E-state index contributed by atoms with van der Waals surface area (Å²) < 4.78 is 0.953. The van der Waals surface area contributed by atoms with Crippen molar-refractivity contribution >= 4 is 34.3 Å². The summed E-state index contributed by atoms with van der Waals surface area (Å²) in [6.07, 6.45) is 0. The molecule has 0 fully saturated rings. The van der Waals surface area contributed by atoms with Crippen LogP contribution in [0, 0.1) is 10.5 Å². The number of halogens is 1. The molecule has 0 aliphatic carbocycles. The van der Waals surface area contributed by atoms with Crippen molar-refractivity contribution in [3.05, 3.63) is 62.7 Å². The van der Waals surface area contributed by atoms with Gasteiger partial charge in [0, 0.05) is 21.6 Å². The van der Waals surface area contributed by atoms with Crippen molar-refractivity contribution < 1.29 is 14.7 Å². The van der Waals surface area contributed by atoms with Gasteiger partial charge in [-0.15, -0.1) is 0 Å². The lowest BCUT2D eigenvalue weighted by Crippen LogP contribution is -2.07. The second kappa shape index (κ2) is 6.71. The number of phenolic OH excluding ortho intramolecular Hbond substituents is 1. The summed E-state index contributed by atoms with van der Waals surface area (Å²) in [5, 5.41) is 14.1. The Labute approximate surface area is 136 Å². The molecule has 108 valence electrons. The Hall–Kier alpha value is -1.89. The molecular weight excluding hydrogens is 381 g/mol. The first-order valence-corrected chi connectivity index (χ1v) is 7.37. The van der Waals surface area contributed by atoms with Crippen LogP contribution in [0.25, 0.3) is 0 Å². The molecule has 1 N–H and O–H groups in total.